The Morgan fingerprint density at radius 1 is 1.20 bits per heavy atom. The summed E-state index contributed by atoms with van der Waals surface area (Å²) >= 11 is 0. The van der Waals surface area contributed by atoms with E-state index in [0.717, 1.165) is 6.07 Å². The molecule has 7 nitrogen and oxygen atoms in total. The zero-order chi connectivity index (χ0) is 25.3. The number of alkyl halides is 2. The van der Waals surface area contributed by atoms with Gasteiger partial charge in [-0.15, -0.1) is 0 Å². The van der Waals surface area contributed by atoms with Crippen molar-refractivity contribution in [1.82, 2.24) is 19.9 Å². The zero-order valence-corrected chi connectivity index (χ0v) is 20.1. The Labute approximate surface area is 201 Å². The molecule has 2 aromatic heterocycles. The first kappa shape index (κ1) is 24.8. The SMILES string of the molecule is COC1(c2cc3c(NC(C)c4cccc(C(F)F)c4F)nc(C)nc3cn2)CCN(C(C)=O)CC1. The Hall–Kier alpha value is -3.27. The molecule has 186 valence electrons. The monoisotopic (exact) mass is 487 g/mol. The lowest BCUT2D eigenvalue weighted by Gasteiger charge is -2.40. The van der Waals surface area contributed by atoms with Gasteiger partial charge < -0.3 is 15.0 Å². The molecule has 35 heavy (non-hydrogen) atoms. The van der Waals surface area contributed by atoms with Crippen molar-refractivity contribution in [3.8, 4) is 0 Å². The van der Waals surface area contributed by atoms with Crippen molar-refractivity contribution in [2.75, 3.05) is 25.5 Å². The van der Waals surface area contributed by atoms with E-state index in [9.17, 15) is 18.0 Å². The summed E-state index contributed by atoms with van der Waals surface area (Å²) in [6, 6.07) is 5.19. The number of rotatable bonds is 6. The maximum absolute atomic E-state index is 14.8. The first-order chi connectivity index (χ1) is 16.6. The molecule has 1 N–H and O–H groups in total. The maximum Gasteiger partial charge on any atom is 0.266 e. The number of carbonyl (C=O) groups excluding carboxylic acids is 1. The molecule has 0 aliphatic carbocycles. The minimum absolute atomic E-state index is 0.0219. The average molecular weight is 488 g/mol. The van der Waals surface area contributed by atoms with Crippen LogP contribution in [0.1, 0.15) is 61.8 Å². The fourth-order valence-electron chi connectivity index (χ4n) is 4.61. The van der Waals surface area contributed by atoms with Crippen LogP contribution in [-0.2, 0) is 15.1 Å². The highest BCUT2D eigenvalue weighted by atomic mass is 19.3. The van der Waals surface area contributed by atoms with Gasteiger partial charge in [0.25, 0.3) is 6.43 Å². The van der Waals surface area contributed by atoms with Crippen LogP contribution in [0.3, 0.4) is 0 Å². The highest BCUT2D eigenvalue weighted by molar-refractivity contribution is 5.89. The fourth-order valence-corrected chi connectivity index (χ4v) is 4.61. The van der Waals surface area contributed by atoms with Crippen molar-refractivity contribution in [2.45, 2.75) is 51.7 Å². The van der Waals surface area contributed by atoms with E-state index in [1.54, 1.807) is 39.0 Å². The van der Waals surface area contributed by atoms with Crippen LogP contribution in [0.5, 0.6) is 0 Å². The third-order valence-electron chi connectivity index (χ3n) is 6.68. The van der Waals surface area contributed by atoms with E-state index in [4.69, 9.17) is 4.74 Å². The fraction of sp³-hybridized carbons (Fsp3) is 0.440. The van der Waals surface area contributed by atoms with Crippen LogP contribution in [0.15, 0.2) is 30.5 Å². The first-order valence-electron chi connectivity index (χ1n) is 11.4. The predicted molar refractivity (Wildman–Crippen MR) is 126 cm³/mol. The highest BCUT2D eigenvalue weighted by Gasteiger charge is 2.38. The van der Waals surface area contributed by atoms with Gasteiger partial charge in [-0.05, 0) is 32.8 Å². The number of ether oxygens (including phenoxy) is 1. The normalized spacial score (nSPS) is 16.5. The van der Waals surface area contributed by atoms with Gasteiger partial charge in [0.05, 0.1) is 29.0 Å². The lowest BCUT2D eigenvalue weighted by Crippen LogP contribution is -2.45. The van der Waals surface area contributed by atoms with Crippen molar-refractivity contribution < 1.29 is 22.7 Å². The molecular weight excluding hydrogens is 459 g/mol. The molecule has 3 aromatic rings. The number of piperidine rings is 1. The number of hydrogen-bond acceptors (Lipinski definition) is 6. The Morgan fingerprint density at radius 3 is 2.51 bits per heavy atom. The number of pyridine rings is 1. The molecule has 0 saturated carbocycles. The van der Waals surface area contributed by atoms with Crippen LogP contribution in [0.2, 0.25) is 0 Å². The standard InChI is InChI=1S/C25H28F3N5O2/c1-14(17-6-5-7-18(22(17)26)23(27)28)30-24-19-12-21(29-13-20(19)31-15(2)32-24)25(35-4)8-10-33(11-9-25)16(3)34/h5-7,12-14,23H,8-11H2,1-4H3,(H,30,31,32). The number of fused-ring (bicyclic) bond motifs is 1. The number of aryl methyl sites for hydroxylation is 1. The molecule has 1 amide bonds. The summed E-state index contributed by atoms with van der Waals surface area (Å²) in [5.74, 6) is 0.0156. The van der Waals surface area contributed by atoms with Gasteiger partial charge in [0.1, 0.15) is 23.1 Å². The molecule has 1 aliphatic rings. The number of benzene rings is 1. The van der Waals surface area contributed by atoms with Crippen LogP contribution in [0.4, 0.5) is 19.0 Å². The van der Waals surface area contributed by atoms with Crippen molar-refractivity contribution >= 4 is 22.6 Å². The zero-order valence-electron chi connectivity index (χ0n) is 20.1. The second-order valence-corrected chi connectivity index (χ2v) is 8.83. The van der Waals surface area contributed by atoms with Crippen LogP contribution in [0.25, 0.3) is 10.9 Å². The lowest BCUT2D eigenvalue weighted by atomic mass is 9.87. The minimum Gasteiger partial charge on any atom is -0.372 e. The van der Waals surface area contributed by atoms with Gasteiger partial charge in [0.15, 0.2) is 0 Å². The molecule has 1 aromatic carbocycles. The third-order valence-corrected chi connectivity index (χ3v) is 6.68. The topological polar surface area (TPSA) is 80.2 Å². The second-order valence-electron chi connectivity index (χ2n) is 8.83. The van der Waals surface area contributed by atoms with Crippen molar-refractivity contribution in [1.29, 1.82) is 0 Å². The summed E-state index contributed by atoms with van der Waals surface area (Å²) in [5, 5.41) is 3.83. The van der Waals surface area contributed by atoms with E-state index in [0.29, 0.717) is 54.2 Å². The number of anilines is 1. The van der Waals surface area contributed by atoms with Crippen molar-refractivity contribution in [2.24, 2.45) is 0 Å². The number of carbonyl (C=O) groups is 1. The van der Waals surface area contributed by atoms with E-state index >= 15 is 0 Å². The maximum atomic E-state index is 14.8. The molecule has 1 unspecified atom stereocenters. The molecule has 1 aliphatic heterocycles. The smallest absolute Gasteiger partial charge is 0.266 e. The number of nitrogens with one attached hydrogen (secondary N) is 1. The quantitative estimate of drug-likeness (QED) is 0.523. The number of aromatic nitrogens is 3. The lowest BCUT2D eigenvalue weighted by molar-refractivity contribution is -0.135. The molecule has 10 heteroatoms. The van der Waals surface area contributed by atoms with Gasteiger partial charge in [-0.1, -0.05) is 18.2 Å². The van der Waals surface area contributed by atoms with E-state index in [-0.39, 0.29) is 11.5 Å². The minimum atomic E-state index is -2.91. The van der Waals surface area contributed by atoms with E-state index < -0.39 is 29.4 Å². The molecule has 0 radical (unpaired) electrons. The van der Waals surface area contributed by atoms with Crippen molar-refractivity contribution in [3.63, 3.8) is 0 Å². The molecule has 4 rings (SSSR count). The van der Waals surface area contributed by atoms with Crippen LogP contribution in [-0.4, -0.2) is 46.0 Å². The summed E-state index contributed by atoms with van der Waals surface area (Å²) in [6.07, 6.45) is -0.0960. The molecule has 1 atom stereocenters. The van der Waals surface area contributed by atoms with Crippen LogP contribution < -0.4 is 5.32 Å². The Morgan fingerprint density at radius 2 is 1.89 bits per heavy atom. The largest absolute Gasteiger partial charge is 0.372 e. The molecule has 0 bridgehead atoms. The highest BCUT2D eigenvalue weighted by Crippen LogP contribution is 2.37. The average Bonchev–Trinajstić information content (AvgIpc) is 2.83. The van der Waals surface area contributed by atoms with Gasteiger partial charge in [-0.2, -0.15) is 0 Å². The Kier molecular flexibility index (Phi) is 6.93. The van der Waals surface area contributed by atoms with Gasteiger partial charge in [-0.3, -0.25) is 9.78 Å². The Bertz CT molecular complexity index is 1250. The molecule has 1 fully saturated rings. The van der Waals surface area contributed by atoms with Gasteiger partial charge in [0.2, 0.25) is 5.91 Å². The number of nitrogens with zero attached hydrogens (tertiary/aromatic N) is 4. The summed E-state index contributed by atoms with van der Waals surface area (Å²) in [7, 11) is 1.63. The summed E-state index contributed by atoms with van der Waals surface area (Å²) in [5.41, 5.74) is 0.0812. The summed E-state index contributed by atoms with van der Waals surface area (Å²) in [4.78, 5) is 27.1. The molecule has 1 saturated heterocycles. The number of amides is 1. The summed E-state index contributed by atoms with van der Waals surface area (Å²) < 4.78 is 47.1. The Balaban J connectivity index is 1.71. The summed E-state index contributed by atoms with van der Waals surface area (Å²) in [6.45, 7) is 6.07. The molecule has 3 heterocycles. The number of likely N-dealkylation sites (tertiary alicyclic amines) is 1. The molecular formula is C25H28F3N5O2. The van der Waals surface area contributed by atoms with E-state index in [2.05, 4.69) is 20.3 Å². The van der Waals surface area contributed by atoms with Crippen LogP contribution >= 0.6 is 0 Å². The number of methoxy groups -OCH3 is 1. The first-order valence-corrected chi connectivity index (χ1v) is 11.4. The third kappa shape index (κ3) is 4.80. The van der Waals surface area contributed by atoms with Gasteiger partial charge >= 0.3 is 0 Å². The molecule has 0 spiro atoms. The number of hydrogen-bond donors (Lipinski definition) is 1. The van der Waals surface area contributed by atoms with Crippen molar-refractivity contribution in [3.05, 3.63) is 58.9 Å². The predicted octanol–water partition coefficient (Wildman–Crippen LogP) is 5.07. The van der Waals surface area contributed by atoms with Gasteiger partial charge in [0, 0.05) is 38.1 Å². The van der Waals surface area contributed by atoms with Gasteiger partial charge in [-0.25, -0.2) is 23.1 Å². The van der Waals surface area contributed by atoms with E-state index in [1.807, 2.05) is 6.07 Å². The second kappa shape index (κ2) is 9.77. The van der Waals surface area contributed by atoms with E-state index in [1.165, 1.54) is 12.1 Å². The number of halogens is 3. The van der Waals surface area contributed by atoms with Crippen LogP contribution in [0, 0.1) is 12.7 Å².